The van der Waals surface area contributed by atoms with Crippen LogP contribution in [0.25, 0.3) is 6.08 Å². The highest BCUT2D eigenvalue weighted by Crippen LogP contribution is 2.17. The monoisotopic (exact) mass is 358 g/mol. The molecule has 6 heteroatoms. The molecule has 3 rings (SSSR count). The first-order valence-corrected chi connectivity index (χ1v) is 9.14. The summed E-state index contributed by atoms with van der Waals surface area (Å²) in [5.41, 5.74) is 1.93. The van der Waals surface area contributed by atoms with Crippen molar-refractivity contribution in [3.8, 4) is 0 Å². The third kappa shape index (κ3) is 4.69. The number of nitrogens with zero attached hydrogens (tertiary/aromatic N) is 3. The van der Waals surface area contributed by atoms with E-state index in [0.29, 0.717) is 18.0 Å². The Morgan fingerprint density at radius 2 is 2.20 bits per heavy atom. The van der Waals surface area contributed by atoms with Crippen molar-refractivity contribution in [3.63, 3.8) is 0 Å². The minimum Gasteiger partial charge on any atom is -0.352 e. The fourth-order valence-electron chi connectivity index (χ4n) is 2.97. The van der Waals surface area contributed by atoms with E-state index >= 15 is 0 Å². The molecule has 0 saturated carbocycles. The molecule has 0 fully saturated rings. The zero-order valence-electron chi connectivity index (χ0n) is 14.5. The summed E-state index contributed by atoms with van der Waals surface area (Å²) in [6.45, 7) is 3.49. The molecular weight excluding hydrogens is 336 g/mol. The maximum absolute atomic E-state index is 12.0. The van der Waals surface area contributed by atoms with Gasteiger partial charge in [0.1, 0.15) is 11.6 Å². The number of halogens is 1. The second kappa shape index (κ2) is 8.30. The molecule has 25 heavy (non-hydrogen) atoms. The summed E-state index contributed by atoms with van der Waals surface area (Å²) in [6.07, 6.45) is 8.60. The molecule has 2 aromatic rings. The number of carbonyl (C=O) groups is 1. The van der Waals surface area contributed by atoms with Gasteiger partial charge in [-0.1, -0.05) is 30.2 Å². The van der Waals surface area contributed by atoms with Crippen molar-refractivity contribution in [2.75, 3.05) is 6.54 Å². The van der Waals surface area contributed by atoms with Crippen molar-refractivity contribution in [2.24, 2.45) is 0 Å². The number of fused-ring (bicyclic) bond motifs is 1. The number of benzene rings is 1. The molecule has 0 bridgehead atoms. The van der Waals surface area contributed by atoms with Gasteiger partial charge in [-0.2, -0.15) is 0 Å². The van der Waals surface area contributed by atoms with E-state index in [9.17, 15) is 4.79 Å². The molecule has 1 N–H and O–H groups in total. The summed E-state index contributed by atoms with van der Waals surface area (Å²) in [5, 5.41) is 12.2. The predicted molar refractivity (Wildman–Crippen MR) is 99.5 cm³/mol. The highest BCUT2D eigenvalue weighted by Gasteiger charge is 2.14. The Kier molecular flexibility index (Phi) is 5.87. The zero-order valence-corrected chi connectivity index (χ0v) is 15.2. The van der Waals surface area contributed by atoms with Gasteiger partial charge in [-0.05, 0) is 43.0 Å². The zero-order chi connectivity index (χ0) is 17.6. The minimum absolute atomic E-state index is 0.118. The molecule has 1 aliphatic rings. The first-order valence-electron chi connectivity index (χ1n) is 8.76. The molecule has 2 heterocycles. The Morgan fingerprint density at radius 1 is 1.32 bits per heavy atom. The van der Waals surface area contributed by atoms with E-state index in [1.54, 1.807) is 6.08 Å². The Bertz CT molecular complexity index is 782. The molecule has 1 aromatic heterocycles. The van der Waals surface area contributed by atoms with Gasteiger partial charge in [0.25, 0.3) is 0 Å². The summed E-state index contributed by atoms with van der Waals surface area (Å²) < 4.78 is 2.21. The van der Waals surface area contributed by atoms with Crippen molar-refractivity contribution in [2.45, 2.75) is 45.6 Å². The Morgan fingerprint density at radius 3 is 3.04 bits per heavy atom. The maximum Gasteiger partial charge on any atom is 0.244 e. The molecule has 0 unspecified atom stereocenters. The van der Waals surface area contributed by atoms with E-state index in [-0.39, 0.29) is 5.91 Å². The van der Waals surface area contributed by atoms with Crippen LogP contribution in [0, 0.1) is 6.92 Å². The SMILES string of the molecule is Cc1ccc(C=CC(=O)NCCc2nnc3n2CCCCC3)cc1Cl. The molecular formula is C19H23ClN4O. The summed E-state index contributed by atoms with van der Waals surface area (Å²) in [6, 6.07) is 5.74. The van der Waals surface area contributed by atoms with Gasteiger partial charge in [0, 0.05) is 37.0 Å². The maximum atomic E-state index is 12.0. The van der Waals surface area contributed by atoms with Gasteiger partial charge in [-0.25, -0.2) is 0 Å². The standard InChI is InChI=1S/C19H23ClN4O/c1-14-6-7-15(13-16(14)20)8-9-19(25)21-11-10-18-23-22-17-5-3-2-4-12-24(17)18/h6-9,13H,2-5,10-12H2,1H3,(H,21,25). The van der Waals surface area contributed by atoms with Gasteiger partial charge >= 0.3 is 0 Å². The van der Waals surface area contributed by atoms with Crippen LogP contribution in [0.4, 0.5) is 0 Å². The Balaban J connectivity index is 1.50. The highest BCUT2D eigenvalue weighted by molar-refractivity contribution is 6.31. The molecule has 1 amide bonds. The average Bonchev–Trinajstić information content (AvgIpc) is 2.83. The largest absolute Gasteiger partial charge is 0.352 e. The van der Waals surface area contributed by atoms with Crippen LogP contribution in [0.3, 0.4) is 0 Å². The molecule has 132 valence electrons. The van der Waals surface area contributed by atoms with E-state index in [4.69, 9.17) is 11.6 Å². The van der Waals surface area contributed by atoms with Gasteiger partial charge in [0.2, 0.25) is 5.91 Å². The predicted octanol–water partition coefficient (Wildman–Crippen LogP) is 3.34. The van der Waals surface area contributed by atoms with E-state index in [1.165, 1.54) is 25.3 Å². The normalized spacial score (nSPS) is 14.3. The van der Waals surface area contributed by atoms with Crippen LogP contribution in [0.1, 0.15) is 42.0 Å². The number of rotatable bonds is 5. The lowest BCUT2D eigenvalue weighted by Gasteiger charge is -2.07. The lowest BCUT2D eigenvalue weighted by molar-refractivity contribution is -0.116. The molecule has 0 atom stereocenters. The lowest BCUT2D eigenvalue weighted by Crippen LogP contribution is -2.24. The number of hydrogen-bond acceptors (Lipinski definition) is 3. The molecule has 5 nitrogen and oxygen atoms in total. The molecule has 0 spiro atoms. The third-order valence-corrected chi connectivity index (χ3v) is 4.86. The van der Waals surface area contributed by atoms with Crippen LogP contribution >= 0.6 is 11.6 Å². The van der Waals surface area contributed by atoms with Gasteiger partial charge in [0.15, 0.2) is 0 Å². The first-order chi connectivity index (χ1) is 12.1. The minimum atomic E-state index is -0.118. The van der Waals surface area contributed by atoms with Crippen molar-refractivity contribution in [3.05, 3.63) is 52.1 Å². The van der Waals surface area contributed by atoms with Crippen molar-refractivity contribution >= 4 is 23.6 Å². The van der Waals surface area contributed by atoms with Gasteiger partial charge in [-0.15, -0.1) is 10.2 Å². The second-order valence-electron chi connectivity index (χ2n) is 6.38. The van der Waals surface area contributed by atoms with E-state index in [0.717, 1.165) is 35.7 Å². The number of carbonyl (C=O) groups excluding carboxylic acids is 1. The third-order valence-electron chi connectivity index (χ3n) is 4.46. The fourth-order valence-corrected chi connectivity index (χ4v) is 3.16. The molecule has 0 aliphatic carbocycles. The summed E-state index contributed by atoms with van der Waals surface area (Å²) in [5.74, 6) is 1.92. The van der Waals surface area contributed by atoms with Crippen molar-refractivity contribution < 1.29 is 4.79 Å². The van der Waals surface area contributed by atoms with Crippen LogP contribution in [0.2, 0.25) is 5.02 Å². The van der Waals surface area contributed by atoms with Crippen LogP contribution in [0.15, 0.2) is 24.3 Å². The lowest BCUT2D eigenvalue weighted by atomic mass is 10.1. The quantitative estimate of drug-likeness (QED) is 0.834. The van der Waals surface area contributed by atoms with Crippen LogP contribution in [-0.4, -0.2) is 27.2 Å². The number of amides is 1. The molecule has 1 aliphatic heterocycles. The van der Waals surface area contributed by atoms with Crippen molar-refractivity contribution in [1.29, 1.82) is 0 Å². The Hall–Kier alpha value is -2.14. The van der Waals surface area contributed by atoms with Crippen LogP contribution < -0.4 is 5.32 Å². The highest BCUT2D eigenvalue weighted by atomic mass is 35.5. The number of aromatic nitrogens is 3. The summed E-state index contributed by atoms with van der Waals surface area (Å²) in [7, 11) is 0. The van der Waals surface area contributed by atoms with Gasteiger partial charge in [0.05, 0.1) is 0 Å². The van der Waals surface area contributed by atoms with Crippen LogP contribution in [-0.2, 0) is 24.2 Å². The van der Waals surface area contributed by atoms with Crippen LogP contribution in [0.5, 0.6) is 0 Å². The molecule has 1 aromatic carbocycles. The number of hydrogen-bond donors (Lipinski definition) is 1. The second-order valence-corrected chi connectivity index (χ2v) is 6.78. The van der Waals surface area contributed by atoms with Gasteiger partial charge < -0.3 is 9.88 Å². The van der Waals surface area contributed by atoms with E-state index in [1.807, 2.05) is 25.1 Å². The van der Waals surface area contributed by atoms with E-state index in [2.05, 4.69) is 20.1 Å². The topological polar surface area (TPSA) is 59.8 Å². The first kappa shape index (κ1) is 17.7. The Labute approximate surface area is 153 Å². The summed E-state index contributed by atoms with van der Waals surface area (Å²) in [4.78, 5) is 12.0. The van der Waals surface area contributed by atoms with Gasteiger partial charge in [-0.3, -0.25) is 4.79 Å². The number of nitrogens with one attached hydrogen (secondary N) is 1. The smallest absolute Gasteiger partial charge is 0.244 e. The molecule has 0 saturated heterocycles. The average molecular weight is 359 g/mol. The number of aryl methyl sites for hydroxylation is 2. The molecule has 0 radical (unpaired) electrons. The van der Waals surface area contributed by atoms with Crippen molar-refractivity contribution in [1.82, 2.24) is 20.1 Å². The van der Waals surface area contributed by atoms with E-state index < -0.39 is 0 Å². The fraction of sp³-hybridized carbons (Fsp3) is 0.421. The summed E-state index contributed by atoms with van der Waals surface area (Å²) >= 11 is 6.09.